The molecule has 1 atom stereocenters. The predicted molar refractivity (Wildman–Crippen MR) is 141 cm³/mol. The van der Waals surface area contributed by atoms with E-state index in [-0.39, 0.29) is 17.9 Å². The number of phenols is 1. The number of hydrogen-bond donors (Lipinski definition) is 1. The molecule has 2 heterocycles. The molecule has 0 spiro atoms. The molecule has 1 unspecified atom stereocenters. The molecule has 0 amide bonds. The summed E-state index contributed by atoms with van der Waals surface area (Å²) in [4.78, 5) is 31.7. The first kappa shape index (κ1) is 25.0. The van der Waals surface area contributed by atoms with Gasteiger partial charge in [0.2, 0.25) is 0 Å². The molecule has 1 N–H and O–H groups in total. The Hall–Kier alpha value is -3.12. The van der Waals surface area contributed by atoms with Crippen LogP contribution in [0.25, 0.3) is 6.08 Å². The number of halogens is 1. The largest absolute Gasteiger partial charge is 0.504 e. The number of ether oxygens (including phenoxy) is 3. The van der Waals surface area contributed by atoms with Crippen molar-refractivity contribution in [3.05, 3.63) is 82.1 Å². The molecule has 1 aromatic heterocycles. The highest BCUT2D eigenvalue weighted by molar-refractivity contribution is 14.1. The highest BCUT2D eigenvalue weighted by Crippen LogP contribution is 2.33. The fraction of sp³-hybridized carbons (Fsp3) is 0.240. The van der Waals surface area contributed by atoms with E-state index in [4.69, 9.17) is 14.2 Å². The molecule has 1 aliphatic rings. The second kappa shape index (κ2) is 10.2. The van der Waals surface area contributed by atoms with Gasteiger partial charge < -0.3 is 19.3 Å². The lowest BCUT2D eigenvalue weighted by Crippen LogP contribution is -2.39. The quantitative estimate of drug-likeness (QED) is 0.342. The van der Waals surface area contributed by atoms with E-state index >= 15 is 0 Å². The molecule has 2 aromatic carbocycles. The number of phenolic OH excluding ortho intramolecular Hbond substituents is 1. The molecule has 0 saturated heterocycles. The van der Waals surface area contributed by atoms with Crippen LogP contribution in [0.4, 0.5) is 0 Å². The van der Waals surface area contributed by atoms with Crippen molar-refractivity contribution in [2.45, 2.75) is 19.9 Å². The standard InChI is InChI=1S/C25H23IN2O6S/c1-5-34-24(31)20-13(2)27-25-28(21(20)15-6-8-16(32-3)9-7-15)23(30)19(35-25)12-14-10-17(26)22(29)18(11-14)33-4/h6-12,21,29H,5H2,1-4H3/b19-12-. The Morgan fingerprint density at radius 2 is 1.94 bits per heavy atom. The van der Waals surface area contributed by atoms with Crippen molar-refractivity contribution in [1.82, 2.24) is 4.57 Å². The van der Waals surface area contributed by atoms with Crippen LogP contribution in [0.2, 0.25) is 0 Å². The molecule has 0 radical (unpaired) electrons. The Balaban J connectivity index is 1.94. The number of thiazole rings is 1. The van der Waals surface area contributed by atoms with E-state index in [0.29, 0.717) is 41.2 Å². The highest BCUT2D eigenvalue weighted by atomic mass is 127. The summed E-state index contributed by atoms with van der Waals surface area (Å²) in [5.74, 6) is 0.505. The van der Waals surface area contributed by atoms with Crippen LogP contribution in [0, 0.1) is 3.57 Å². The van der Waals surface area contributed by atoms with Crippen molar-refractivity contribution in [1.29, 1.82) is 0 Å². The number of aromatic hydroxyl groups is 1. The van der Waals surface area contributed by atoms with Crippen LogP contribution < -0.4 is 24.4 Å². The maximum absolute atomic E-state index is 13.7. The number of rotatable bonds is 6. The zero-order chi connectivity index (χ0) is 25.3. The van der Waals surface area contributed by atoms with Gasteiger partial charge in [0.1, 0.15) is 5.75 Å². The van der Waals surface area contributed by atoms with E-state index in [0.717, 1.165) is 5.56 Å². The average molecular weight is 606 g/mol. The van der Waals surface area contributed by atoms with Gasteiger partial charge in [-0.1, -0.05) is 23.5 Å². The molecule has 8 nitrogen and oxygen atoms in total. The van der Waals surface area contributed by atoms with Gasteiger partial charge in [-0.2, -0.15) is 0 Å². The number of allylic oxidation sites excluding steroid dienone is 1. The molecule has 0 bridgehead atoms. The summed E-state index contributed by atoms with van der Waals surface area (Å²) < 4.78 is 18.4. The molecule has 182 valence electrons. The zero-order valence-corrected chi connectivity index (χ0v) is 22.5. The highest BCUT2D eigenvalue weighted by Gasteiger charge is 2.33. The first-order chi connectivity index (χ1) is 16.8. The van der Waals surface area contributed by atoms with Crippen LogP contribution in [0.1, 0.15) is 31.0 Å². The molecular formula is C25H23IN2O6S. The third kappa shape index (κ3) is 4.72. The molecule has 1 aliphatic heterocycles. The van der Waals surface area contributed by atoms with Gasteiger partial charge in [-0.3, -0.25) is 9.36 Å². The van der Waals surface area contributed by atoms with Crippen LogP contribution in [-0.2, 0) is 9.53 Å². The number of nitrogens with zero attached hydrogens (tertiary/aromatic N) is 2. The number of methoxy groups -OCH3 is 2. The van der Waals surface area contributed by atoms with Crippen molar-refractivity contribution in [2.24, 2.45) is 4.99 Å². The van der Waals surface area contributed by atoms with Gasteiger partial charge in [0.25, 0.3) is 5.56 Å². The number of benzene rings is 2. The maximum Gasteiger partial charge on any atom is 0.338 e. The Bertz CT molecular complexity index is 1500. The van der Waals surface area contributed by atoms with Gasteiger partial charge in [0, 0.05) is 0 Å². The molecule has 0 aliphatic carbocycles. The molecule has 35 heavy (non-hydrogen) atoms. The smallest absolute Gasteiger partial charge is 0.338 e. The second-order valence-corrected chi connectivity index (χ2v) is 9.80. The number of aromatic nitrogens is 1. The molecule has 3 aromatic rings. The second-order valence-electron chi connectivity index (χ2n) is 7.63. The average Bonchev–Trinajstić information content (AvgIpc) is 3.14. The first-order valence-corrected chi connectivity index (χ1v) is 12.6. The molecular weight excluding hydrogens is 583 g/mol. The minimum Gasteiger partial charge on any atom is -0.504 e. The number of esters is 1. The van der Waals surface area contributed by atoms with Crippen molar-refractivity contribution in [3.8, 4) is 17.2 Å². The van der Waals surface area contributed by atoms with Gasteiger partial charge >= 0.3 is 5.97 Å². The van der Waals surface area contributed by atoms with Crippen molar-refractivity contribution in [2.75, 3.05) is 20.8 Å². The van der Waals surface area contributed by atoms with Gasteiger partial charge in [-0.25, -0.2) is 9.79 Å². The van der Waals surface area contributed by atoms with Crippen LogP contribution in [0.3, 0.4) is 0 Å². The van der Waals surface area contributed by atoms with E-state index in [1.54, 1.807) is 51.3 Å². The molecule has 4 rings (SSSR count). The maximum atomic E-state index is 13.7. The fourth-order valence-electron chi connectivity index (χ4n) is 3.88. The number of carbonyl (C=O) groups excluding carboxylic acids is 1. The topological polar surface area (TPSA) is 99.4 Å². The molecule has 0 saturated carbocycles. The Kier molecular flexibility index (Phi) is 7.31. The summed E-state index contributed by atoms with van der Waals surface area (Å²) in [5, 5.41) is 10.1. The van der Waals surface area contributed by atoms with Crippen LogP contribution in [-0.4, -0.2) is 36.5 Å². The minimum atomic E-state index is -0.701. The number of hydrogen-bond acceptors (Lipinski definition) is 8. The summed E-state index contributed by atoms with van der Waals surface area (Å²) in [6.45, 7) is 3.68. The fourth-order valence-corrected chi connectivity index (χ4v) is 5.55. The minimum absolute atomic E-state index is 0.0425. The van der Waals surface area contributed by atoms with E-state index in [1.165, 1.54) is 23.0 Å². The lowest BCUT2D eigenvalue weighted by Gasteiger charge is -2.24. The van der Waals surface area contributed by atoms with E-state index in [9.17, 15) is 14.7 Å². The van der Waals surface area contributed by atoms with Gasteiger partial charge in [-0.05, 0) is 77.9 Å². The summed E-state index contributed by atoms with van der Waals surface area (Å²) >= 11 is 3.24. The lowest BCUT2D eigenvalue weighted by molar-refractivity contribution is -0.139. The molecule has 0 fully saturated rings. The SMILES string of the molecule is CCOC(=O)C1=C(C)N=c2s/c(=C\c3cc(I)c(O)c(OC)c3)c(=O)n2C1c1ccc(OC)cc1. The van der Waals surface area contributed by atoms with Crippen LogP contribution in [0.15, 0.2) is 57.5 Å². The van der Waals surface area contributed by atoms with E-state index in [2.05, 4.69) is 4.99 Å². The van der Waals surface area contributed by atoms with Gasteiger partial charge in [0.05, 0.1) is 46.2 Å². The normalized spacial score (nSPS) is 15.5. The number of carbonyl (C=O) groups is 1. The Labute approximate surface area is 218 Å². The van der Waals surface area contributed by atoms with Crippen LogP contribution in [0.5, 0.6) is 17.2 Å². The summed E-state index contributed by atoms with van der Waals surface area (Å²) in [5.41, 5.74) is 1.95. The predicted octanol–water partition coefficient (Wildman–Crippen LogP) is 3.13. The van der Waals surface area contributed by atoms with Gasteiger partial charge in [-0.15, -0.1) is 0 Å². The van der Waals surface area contributed by atoms with Crippen molar-refractivity contribution in [3.63, 3.8) is 0 Å². The number of fused-ring (bicyclic) bond motifs is 1. The van der Waals surface area contributed by atoms with Crippen molar-refractivity contribution < 1.29 is 24.1 Å². The van der Waals surface area contributed by atoms with E-state index in [1.807, 2.05) is 34.7 Å². The summed E-state index contributed by atoms with van der Waals surface area (Å²) in [6.07, 6.45) is 1.72. The first-order valence-electron chi connectivity index (χ1n) is 10.7. The third-order valence-corrected chi connectivity index (χ3v) is 7.32. The summed E-state index contributed by atoms with van der Waals surface area (Å²) in [6, 6.07) is 9.94. The lowest BCUT2D eigenvalue weighted by atomic mass is 9.96. The van der Waals surface area contributed by atoms with Gasteiger partial charge in [0.15, 0.2) is 16.3 Å². The van der Waals surface area contributed by atoms with Crippen molar-refractivity contribution >= 4 is 46.0 Å². The van der Waals surface area contributed by atoms with E-state index < -0.39 is 12.0 Å². The Morgan fingerprint density at radius 1 is 1.23 bits per heavy atom. The Morgan fingerprint density at radius 3 is 2.57 bits per heavy atom. The van der Waals surface area contributed by atoms with Crippen LogP contribution >= 0.6 is 33.9 Å². The molecule has 10 heteroatoms. The zero-order valence-electron chi connectivity index (χ0n) is 19.5. The third-order valence-electron chi connectivity index (χ3n) is 5.52. The summed E-state index contributed by atoms with van der Waals surface area (Å²) in [7, 11) is 3.04. The monoisotopic (exact) mass is 606 g/mol.